The Bertz CT molecular complexity index is 808. The molecule has 4 rings (SSSR count). The standard InChI is InChI=1S/C17H14N2OS2/c20-16-5-2-7-19(16)14-4-1-3-12(9-14)15-11-22-17(18-15)13-6-8-21-10-13/h1,3-4,6,8-11H,2,5,7H2. The maximum Gasteiger partial charge on any atom is 0.227 e. The average molecular weight is 326 g/mol. The molecule has 1 amide bonds. The van der Waals surface area contributed by atoms with Crippen molar-refractivity contribution in [3.63, 3.8) is 0 Å². The fourth-order valence-electron chi connectivity index (χ4n) is 2.68. The lowest BCUT2D eigenvalue weighted by atomic mass is 10.1. The van der Waals surface area contributed by atoms with Gasteiger partial charge in [0, 0.05) is 40.5 Å². The molecule has 0 bridgehead atoms. The summed E-state index contributed by atoms with van der Waals surface area (Å²) in [5.41, 5.74) is 4.19. The predicted molar refractivity (Wildman–Crippen MR) is 92.5 cm³/mol. The van der Waals surface area contributed by atoms with Gasteiger partial charge in [-0.15, -0.1) is 11.3 Å². The molecule has 3 aromatic rings. The van der Waals surface area contributed by atoms with E-state index >= 15 is 0 Å². The van der Waals surface area contributed by atoms with Crippen LogP contribution in [-0.4, -0.2) is 17.4 Å². The Morgan fingerprint density at radius 2 is 2.09 bits per heavy atom. The SMILES string of the molecule is O=C1CCCN1c1cccc(-c2csc(-c3ccsc3)n2)c1. The van der Waals surface area contributed by atoms with Gasteiger partial charge in [0.05, 0.1) is 5.69 Å². The van der Waals surface area contributed by atoms with Gasteiger partial charge >= 0.3 is 0 Å². The molecule has 3 nitrogen and oxygen atoms in total. The van der Waals surface area contributed by atoms with Crippen LogP contribution in [0.15, 0.2) is 46.5 Å². The number of amides is 1. The topological polar surface area (TPSA) is 33.2 Å². The van der Waals surface area contributed by atoms with Gasteiger partial charge in [-0.3, -0.25) is 4.79 Å². The minimum atomic E-state index is 0.217. The van der Waals surface area contributed by atoms with Gasteiger partial charge in [0.25, 0.3) is 0 Å². The van der Waals surface area contributed by atoms with Crippen LogP contribution in [0.4, 0.5) is 5.69 Å². The summed E-state index contributed by atoms with van der Waals surface area (Å²) >= 11 is 3.34. The molecule has 1 aromatic carbocycles. The van der Waals surface area contributed by atoms with E-state index < -0.39 is 0 Å². The van der Waals surface area contributed by atoms with Gasteiger partial charge in [-0.05, 0) is 30.0 Å². The summed E-state index contributed by atoms with van der Waals surface area (Å²) in [6, 6.07) is 10.2. The van der Waals surface area contributed by atoms with Gasteiger partial charge in [-0.25, -0.2) is 4.98 Å². The predicted octanol–water partition coefficient (Wildman–Crippen LogP) is 4.67. The Balaban J connectivity index is 1.67. The molecule has 22 heavy (non-hydrogen) atoms. The summed E-state index contributed by atoms with van der Waals surface area (Å²) in [6.07, 6.45) is 1.60. The number of nitrogens with zero attached hydrogens (tertiary/aromatic N) is 2. The molecule has 110 valence electrons. The Hall–Kier alpha value is -1.98. The first-order chi connectivity index (χ1) is 10.8. The summed E-state index contributed by atoms with van der Waals surface area (Å²) in [5.74, 6) is 0.217. The van der Waals surface area contributed by atoms with Gasteiger partial charge in [0.15, 0.2) is 0 Å². The second-order valence-electron chi connectivity index (χ2n) is 5.25. The van der Waals surface area contributed by atoms with E-state index in [1.165, 1.54) is 5.56 Å². The third-order valence-corrected chi connectivity index (χ3v) is 5.37. The normalized spacial score (nSPS) is 14.7. The molecule has 0 spiro atoms. The Kier molecular flexibility index (Phi) is 3.52. The highest BCUT2D eigenvalue weighted by Gasteiger charge is 2.22. The molecule has 1 fully saturated rings. The summed E-state index contributed by atoms with van der Waals surface area (Å²) in [7, 11) is 0. The van der Waals surface area contributed by atoms with Gasteiger partial charge in [0.1, 0.15) is 5.01 Å². The van der Waals surface area contributed by atoms with E-state index in [9.17, 15) is 4.79 Å². The van der Waals surface area contributed by atoms with Crippen molar-refractivity contribution >= 4 is 34.3 Å². The highest BCUT2D eigenvalue weighted by Crippen LogP contribution is 2.32. The lowest BCUT2D eigenvalue weighted by Crippen LogP contribution is -2.23. The van der Waals surface area contributed by atoms with E-state index in [0.29, 0.717) is 6.42 Å². The van der Waals surface area contributed by atoms with Crippen molar-refractivity contribution in [3.05, 3.63) is 46.5 Å². The van der Waals surface area contributed by atoms with Crippen molar-refractivity contribution in [1.29, 1.82) is 0 Å². The molecule has 0 N–H and O–H groups in total. The molecule has 0 unspecified atom stereocenters. The number of rotatable bonds is 3. The monoisotopic (exact) mass is 326 g/mol. The van der Waals surface area contributed by atoms with Crippen LogP contribution in [0.25, 0.3) is 21.8 Å². The van der Waals surface area contributed by atoms with Crippen LogP contribution in [0.5, 0.6) is 0 Å². The van der Waals surface area contributed by atoms with E-state index in [4.69, 9.17) is 4.98 Å². The fourth-order valence-corrected chi connectivity index (χ4v) is 4.22. The van der Waals surface area contributed by atoms with E-state index in [0.717, 1.165) is 34.9 Å². The number of carbonyl (C=O) groups is 1. The molecule has 1 aliphatic heterocycles. The zero-order chi connectivity index (χ0) is 14.9. The summed E-state index contributed by atoms with van der Waals surface area (Å²) in [4.78, 5) is 18.5. The summed E-state index contributed by atoms with van der Waals surface area (Å²) in [5, 5.41) is 7.30. The van der Waals surface area contributed by atoms with Crippen LogP contribution < -0.4 is 4.90 Å². The molecule has 3 heterocycles. The van der Waals surface area contributed by atoms with Crippen molar-refractivity contribution < 1.29 is 4.79 Å². The van der Waals surface area contributed by atoms with Crippen LogP contribution in [0.1, 0.15) is 12.8 Å². The van der Waals surface area contributed by atoms with E-state index in [1.807, 2.05) is 17.0 Å². The first-order valence-corrected chi connectivity index (χ1v) is 9.02. The van der Waals surface area contributed by atoms with E-state index in [2.05, 4.69) is 34.3 Å². The zero-order valence-electron chi connectivity index (χ0n) is 11.9. The van der Waals surface area contributed by atoms with Crippen molar-refractivity contribution in [3.8, 4) is 21.8 Å². The van der Waals surface area contributed by atoms with Crippen LogP contribution >= 0.6 is 22.7 Å². The number of hydrogen-bond donors (Lipinski definition) is 0. The number of anilines is 1. The number of benzene rings is 1. The second kappa shape index (κ2) is 5.66. The van der Waals surface area contributed by atoms with Crippen LogP contribution in [0, 0.1) is 0 Å². The maximum atomic E-state index is 11.9. The molecule has 0 aliphatic carbocycles. The summed E-state index contributed by atoms with van der Waals surface area (Å²) in [6.45, 7) is 0.819. The molecule has 1 aliphatic rings. The van der Waals surface area contributed by atoms with Gasteiger partial charge in [0.2, 0.25) is 5.91 Å². The first-order valence-electron chi connectivity index (χ1n) is 7.20. The van der Waals surface area contributed by atoms with Gasteiger partial charge in [-0.1, -0.05) is 12.1 Å². The summed E-state index contributed by atoms with van der Waals surface area (Å²) < 4.78 is 0. The zero-order valence-corrected chi connectivity index (χ0v) is 13.5. The Labute approximate surface area is 136 Å². The fraction of sp³-hybridized carbons (Fsp3) is 0.176. The number of hydrogen-bond acceptors (Lipinski definition) is 4. The third kappa shape index (κ3) is 2.46. The van der Waals surface area contributed by atoms with Crippen molar-refractivity contribution in [2.75, 3.05) is 11.4 Å². The van der Waals surface area contributed by atoms with Gasteiger partial charge in [-0.2, -0.15) is 11.3 Å². The highest BCUT2D eigenvalue weighted by atomic mass is 32.1. The largest absolute Gasteiger partial charge is 0.312 e. The molecule has 0 radical (unpaired) electrons. The van der Waals surface area contributed by atoms with Crippen LogP contribution in [-0.2, 0) is 4.79 Å². The number of thiazole rings is 1. The average Bonchev–Trinajstić information content (AvgIpc) is 3.28. The van der Waals surface area contributed by atoms with Crippen molar-refractivity contribution in [2.45, 2.75) is 12.8 Å². The molecule has 0 saturated carbocycles. The van der Waals surface area contributed by atoms with Crippen LogP contribution in [0.3, 0.4) is 0 Å². The minimum Gasteiger partial charge on any atom is -0.312 e. The Morgan fingerprint density at radius 1 is 1.14 bits per heavy atom. The molecule has 0 atom stereocenters. The number of aromatic nitrogens is 1. The lowest BCUT2D eigenvalue weighted by Gasteiger charge is -2.16. The second-order valence-corrected chi connectivity index (χ2v) is 6.89. The molecule has 2 aromatic heterocycles. The highest BCUT2D eigenvalue weighted by molar-refractivity contribution is 7.14. The smallest absolute Gasteiger partial charge is 0.227 e. The number of carbonyl (C=O) groups excluding carboxylic acids is 1. The third-order valence-electron chi connectivity index (χ3n) is 3.80. The maximum absolute atomic E-state index is 11.9. The van der Waals surface area contributed by atoms with Crippen LogP contribution in [0.2, 0.25) is 0 Å². The quantitative estimate of drug-likeness (QED) is 0.701. The molecule has 5 heteroatoms. The Morgan fingerprint density at radius 3 is 2.86 bits per heavy atom. The van der Waals surface area contributed by atoms with Crippen molar-refractivity contribution in [2.24, 2.45) is 0 Å². The van der Waals surface area contributed by atoms with Crippen molar-refractivity contribution in [1.82, 2.24) is 4.98 Å². The van der Waals surface area contributed by atoms with E-state index in [-0.39, 0.29) is 5.91 Å². The molecular formula is C17H14N2OS2. The molecule has 1 saturated heterocycles. The lowest BCUT2D eigenvalue weighted by molar-refractivity contribution is -0.117. The van der Waals surface area contributed by atoms with Gasteiger partial charge < -0.3 is 4.90 Å². The minimum absolute atomic E-state index is 0.217. The number of thiophene rings is 1. The molecular weight excluding hydrogens is 312 g/mol. The first kappa shape index (κ1) is 13.7. The van der Waals surface area contributed by atoms with E-state index in [1.54, 1.807) is 22.7 Å².